The molecule has 116 valence electrons. The van der Waals surface area contributed by atoms with Gasteiger partial charge < -0.3 is 20.7 Å². The molecule has 6 heteroatoms. The number of hydrogen-bond donors (Lipinski definition) is 2. The molecule has 2 amide bonds. The molecule has 0 aromatic rings. The lowest BCUT2D eigenvalue weighted by atomic mass is 9.82. The number of alkyl carbamates (subject to hydrolysis) is 1. The molecule has 1 fully saturated rings. The summed E-state index contributed by atoms with van der Waals surface area (Å²) in [5, 5.41) is 2.80. The average molecular weight is 285 g/mol. The molecule has 0 radical (unpaired) electrons. The Hall–Kier alpha value is -1.30. The van der Waals surface area contributed by atoms with Crippen molar-refractivity contribution in [2.45, 2.75) is 57.7 Å². The number of carbonyl (C=O) groups excluding carboxylic acids is 2. The maximum absolute atomic E-state index is 11.9. The van der Waals surface area contributed by atoms with E-state index in [0.29, 0.717) is 12.8 Å². The number of rotatable bonds is 2. The Morgan fingerprint density at radius 1 is 1.25 bits per heavy atom. The molecule has 1 aliphatic carbocycles. The summed E-state index contributed by atoms with van der Waals surface area (Å²) < 4.78 is 5.22. The average Bonchev–Trinajstić information content (AvgIpc) is 2.28. The Morgan fingerprint density at radius 2 is 1.85 bits per heavy atom. The van der Waals surface area contributed by atoms with E-state index in [1.165, 1.54) is 0 Å². The number of hydrogen-bond acceptors (Lipinski definition) is 4. The maximum atomic E-state index is 11.9. The Bertz CT molecular complexity index is 363. The summed E-state index contributed by atoms with van der Waals surface area (Å²) in [4.78, 5) is 25.2. The molecule has 0 heterocycles. The first-order valence-electron chi connectivity index (χ1n) is 7.06. The third kappa shape index (κ3) is 5.00. The van der Waals surface area contributed by atoms with E-state index in [2.05, 4.69) is 5.32 Å². The van der Waals surface area contributed by atoms with Crippen LogP contribution in [0.3, 0.4) is 0 Å². The highest BCUT2D eigenvalue weighted by molar-refractivity contribution is 5.78. The largest absolute Gasteiger partial charge is 0.444 e. The lowest BCUT2D eigenvalue weighted by Gasteiger charge is -2.35. The topological polar surface area (TPSA) is 84.7 Å². The molecule has 20 heavy (non-hydrogen) atoms. The first kappa shape index (κ1) is 16.8. The fourth-order valence-corrected chi connectivity index (χ4v) is 2.43. The molecule has 0 aromatic carbocycles. The SMILES string of the molecule is CN(C)C(=O)[C@@H]1CC[C@H](NC(=O)OC(C)(C)C)[C@H](N)C1. The normalized spacial score (nSPS) is 26.8. The molecule has 1 saturated carbocycles. The Kier molecular flexibility index (Phi) is 5.39. The molecule has 0 spiro atoms. The van der Waals surface area contributed by atoms with Crippen LogP contribution < -0.4 is 11.1 Å². The summed E-state index contributed by atoms with van der Waals surface area (Å²) in [5.74, 6) is 0.0628. The van der Waals surface area contributed by atoms with Gasteiger partial charge in [0.1, 0.15) is 5.60 Å². The summed E-state index contributed by atoms with van der Waals surface area (Å²) >= 11 is 0. The number of nitrogens with zero attached hydrogens (tertiary/aromatic N) is 1. The minimum absolute atomic E-state index is 0.0447. The van der Waals surface area contributed by atoms with E-state index < -0.39 is 11.7 Å². The van der Waals surface area contributed by atoms with Gasteiger partial charge in [-0.25, -0.2) is 4.79 Å². The van der Waals surface area contributed by atoms with E-state index in [9.17, 15) is 9.59 Å². The monoisotopic (exact) mass is 285 g/mol. The van der Waals surface area contributed by atoms with Crippen LogP contribution in [0.1, 0.15) is 40.0 Å². The molecule has 0 aliphatic heterocycles. The van der Waals surface area contributed by atoms with E-state index >= 15 is 0 Å². The van der Waals surface area contributed by atoms with Crippen molar-refractivity contribution >= 4 is 12.0 Å². The van der Waals surface area contributed by atoms with Gasteiger partial charge in [-0.15, -0.1) is 0 Å². The summed E-state index contributed by atoms with van der Waals surface area (Å²) in [7, 11) is 3.50. The highest BCUT2D eigenvalue weighted by Crippen LogP contribution is 2.25. The highest BCUT2D eigenvalue weighted by atomic mass is 16.6. The fourth-order valence-electron chi connectivity index (χ4n) is 2.43. The number of amides is 2. The van der Waals surface area contributed by atoms with Gasteiger partial charge in [0, 0.05) is 32.1 Å². The van der Waals surface area contributed by atoms with E-state index in [4.69, 9.17) is 10.5 Å². The van der Waals surface area contributed by atoms with Crippen molar-refractivity contribution in [3.8, 4) is 0 Å². The summed E-state index contributed by atoms with van der Waals surface area (Å²) in [5.41, 5.74) is 5.56. The number of ether oxygens (including phenoxy) is 1. The highest BCUT2D eigenvalue weighted by Gasteiger charge is 2.34. The van der Waals surface area contributed by atoms with Crippen molar-refractivity contribution in [3.63, 3.8) is 0 Å². The van der Waals surface area contributed by atoms with Crippen LogP contribution in [-0.2, 0) is 9.53 Å². The Labute approximate surface area is 121 Å². The van der Waals surface area contributed by atoms with Crippen LogP contribution >= 0.6 is 0 Å². The third-order valence-electron chi connectivity index (χ3n) is 3.39. The smallest absolute Gasteiger partial charge is 0.407 e. The lowest BCUT2D eigenvalue weighted by Crippen LogP contribution is -2.53. The minimum Gasteiger partial charge on any atom is -0.444 e. The molecule has 0 saturated heterocycles. The van der Waals surface area contributed by atoms with Crippen LogP contribution in [0.4, 0.5) is 4.79 Å². The fraction of sp³-hybridized carbons (Fsp3) is 0.857. The van der Waals surface area contributed by atoms with Crippen molar-refractivity contribution < 1.29 is 14.3 Å². The van der Waals surface area contributed by atoms with Crippen LogP contribution in [0.15, 0.2) is 0 Å². The molecular weight excluding hydrogens is 258 g/mol. The van der Waals surface area contributed by atoms with E-state index in [1.54, 1.807) is 19.0 Å². The third-order valence-corrected chi connectivity index (χ3v) is 3.39. The maximum Gasteiger partial charge on any atom is 0.407 e. The molecule has 1 aliphatic rings. The van der Waals surface area contributed by atoms with Gasteiger partial charge in [0.05, 0.1) is 0 Å². The standard InChI is InChI=1S/C14H27N3O3/c1-14(2,3)20-13(19)16-11-7-6-9(8-10(11)15)12(18)17(4)5/h9-11H,6-8,15H2,1-5H3,(H,16,19)/t9-,10-,11+/m1/s1. The van der Waals surface area contributed by atoms with Crippen molar-refractivity contribution in [1.82, 2.24) is 10.2 Å². The van der Waals surface area contributed by atoms with Gasteiger partial charge in [-0.2, -0.15) is 0 Å². The molecule has 6 nitrogen and oxygen atoms in total. The van der Waals surface area contributed by atoms with Crippen molar-refractivity contribution in [2.24, 2.45) is 11.7 Å². The first-order chi connectivity index (χ1) is 9.10. The molecule has 0 unspecified atom stereocenters. The Balaban J connectivity index is 2.49. The van der Waals surface area contributed by atoms with Crippen molar-refractivity contribution in [1.29, 1.82) is 0 Å². The molecule has 1 rings (SSSR count). The quantitative estimate of drug-likeness (QED) is 0.795. The zero-order chi connectivity index (χ0) is 15.5. The van der Waals surface area contributed by atoms with Gasteiger partial charge in [0.15, 0.2) is 0 Å². The molecule has 3 atom stereocenters. The Morgan fingerprint density at radius 3 is 2.30 bits per heavy atom. The van der Waals surface area contributed by atoms with Crippen LogP contribution in [-0.4, -0.2) is 48.7 Å². The summed E-state index contributed by atoms with van der Waals surface area (Å²) in [6, 6.07) is -0.346. The zero-order valence-corrected chi connectivity index (χ0v) is 13.1. The molecule has 0 bridgehead atoms. The second kappa shape index (κ2) is 6.43. The van der Waals surface area contributed by atoms with Gasteiger partial charge in [-0.3, -0.25) is 4.79 Å². The van der Waals surface area contributed by atoms with Crippen molar-refractivity contribution in [3.05, 3.63) is 0 Å². The van der Waals surface area contributed by atoms with Crippen molar-refractivity contribution in [2.75, 3.05) is 14.1 Å². The molecule has 0 aromatic heterocycles. The van der Waals surface area contributed by atoms with E-state index in [1.807, 2.05) is 20.8 Å². The number of nitrogens with two attached hydrogens (primary N) is 1. The lowest BCUT2D eigenvalue weighted by molar-refractivity contribution is -0.134. The first-order valence-corrected chi connectivity index (χ1v) is 7.06. The van der Waals surface area contributed by atoms with Gasteiger partial charge in [0.2, 0.25) is 5.91 Å². The zero-order valence-electron chi connectivity index (χ0n) is 13.1. The second-order valence-electron chi connectivity index (χ2n) is 6.66. The summed E-state index contributed by atoms with van der Waals surface area (Å²) in [6.07, 6.45) is 1.59. The van der Waals surface area contributed by atoms with Gasteiger partial charge in [-0.1, -0.05) is 0 Å². The van der Waals surface area contributed by atoms with E-state index in [-0.39, 0.29) is 23.9 Å². The predicted molar refractivity (Wildman–Crippen MR) is 77.2 cm³/mol. The molecule has 3 N–H and O–H groups in total. The van der Waals surface area contributed by atoms with Crippen LogP contribution in [0.25, 0.3) is 0 Å². The molecular formula is C14H27N3O3. The van der Waals surface area contributed by atoms with Crippen LogP contribution in [0, 0.1) is 5.92 Å². The van der Waals surface area contributed by atoms with Crippen LogP contribution in [0.2, 0.25) is 0 Å². The number of nitrogens with one attached hydrogen (secondary N) is 1. The summed E-state index contributed by atoms with van der Waals surface area (Å²) in [6.45, 7) is 5.46. The van der Waals surface area contributed by atoms with Crippen LogP contribution in [0.5, 0.6) is 0 Å². The van der Waals surface area contributed by atoms with Gasteiger partial charge in [0.25, 0.3) is 0 Å². The number of carbonyl (C=O) groups is 2. The minimum atomic E-state index is -0.522. The van der Waals surface area contributed by atoms with Gasteiger partial charge >= 0.3 is 6.09 Å². The van der Waals surface area contributed by atoms with E-state index in [0.717, 1.165) is 6.42 Å². The predicted octanol–water partition coefficient (Wildman–Crippen LogP) is 1.10. The van der Waals surface area contributed by atoms with Gasteiger partial charge in [-0.05, 0) is 40.0 Å². The second-order valence-corrected chi connectivity index (χ2v) is 6.66.